The molecule has 32 heavy (non-hydrogen) atoms. The van der Waals surface area contributed by atoms with Gasteiger partial charge in [0.2, 0.25) is 11.8 Å². The van der Waals surface area contributed by atoms with E-state index in [2.05, 4.69) is 5.32 Å². The Morgan fingerprint density at radius 3 is 2.56 bits per heavy atom. The molecule has 0 aromatic heterocycles. The Hall–Kier alpha value is -2.61. The standard InChI is InChI=1S/C24H33N3O5/c1-16(2)14-25-21(28)20-15-32-24(9-11-26(12-10-24)22(29)17-7-8-17)27(20)23(30)18-5-4-6-19(13-18)31-3/h4-6,13,16-17,20H,7-12,14-15H2,1-3H3,(H,25,28). The maximum Gasteiger partial charge on any atom is 0.257 e. The highest BCUT2D eigenvalue weighted by atomic mass is 16.5. The van der Waals surface area contributed by atoms with Crippen molar-refractivity contribution in [2.45, 2.75) is 51.3 Å². The average molecular weight is 444 g/mol. The topological polar surface area (TPSA) is 88.2 Å². The van der Waals surface area contributed by atoms with Gasteiger partial charge in [-0.05, 0) is 37.0 Å². The van der Waals surface area contributed by atoms with Gasteiger partial charge >= 0.3 is 0 Å². The highest BCUT2D eigenvalue weighted by Crippen LogP contribution is 2.40. The fourth-order valence-electron chi connectivity index (χ4n) is 4.55. The van der Waals surface area contributed by atoms with E-state index in [0.29, 0.717) is 49.7 Å². The van der Waals surface area contributed by atoms with Gasteiger partial charge in [0, 0.05) is 44.0 Å². The summed E-state index contributed by atoms with van der Waals surface area (Å²) in [7, 11) is 1.55. The van der Waals surface area contributed by atoms with Gasteiger partial charge in [-0.3, -0.25) is 19.3 Å². The summed E-state index contributed by atoms with van der Waals surface area (Å²) >= 11 is 0. The Morgan fingerprint density at radius 1 is 1.22 bits per heavy atom. The molecule has 0 radical (unpaired) electrons. The van der Waals surface area contributed by atoms with E-state index < -0.39 is 11.8 Å². The van der Waals surface area contributed by atoms with Gasteiger partial charge in [0.25, 0.3) is 5.91 Å². The van der Waals surface area contributed by atoms with Crippen LogP contribution in [0.5, 0.6) is 5.75 Å². The number of ether oxygens (including phenoxy) is 2. The summed E-state index contributed by atoms with van der Waals surface area (Å²) in [5, 5.41) is 2.95. The molecule has 1 aromatic rings. The van der Waals surface area contributed by atoms with Crippen LogP contribution in [0, 0.1) is 11.8 Å². The zero-order valence-electron chi connectivity index (χ0n) is 19.1. The van der Waals surface area contributed by atoms with Crippen LogP contribution in [0.1, 0.15) is 49.9 Å². The second-order valence-electron chi connectivity index (χ2n) is 9.42. The summed E-state index contributed by atoms with van der Waals surface area (Å²) in [5.41, 5.74) is -0.437. The quantitative estimate of drug-likeness (QED) is 0.727. The highest BCUT2D eigenvalue weighted by Gasteiger charge is 2.54. The van der Waals surface area contributed by atoms with Gasteiger partial charge in [0.05, 0.1) is 13.7 Å². The summed E-state index contributed by atoms with van der Waals surface area (Å²) in [6.07, 6.45) is 2.93. The second kappa shape index (κ2) is 9.10. The van der Waals surface area contributed by atoms with E-state index in [1.165, 1.54) is 0 Å². The lowest BCUT2D eigenvalue weighted by atomic mass is 9.96. The van der Waals surface area contributed by atoms with Crippen molar-refractivity contribution < 1.29 is 23.9 Å². The zero-order valence-corrected chi connectivity index (χ0v) is 19.1. The van der Waals surface area contributed by atoms with E-state index in [-0.39, 0.29) is 30.2 Å². The predicted octanol–water partition coefficient (Wildman–Crippen LogP) is 2.04. The number of amides is 3. The lowest BCUT2D eigenvalue weighted by molar-refractivity contribution is -0.144. The van der Waals surface area contributed by atoms with Gasteiger partial charge in [-0.1, -0.05) is 19.9 Å². The number of nitrogens with zero attached hydrogens (tertiary/aromatic N) is 2. The molecule has 1 unspecified atom stereocenters. The summed E-state index contributed by atoms with van der Waals surface area (Å²) in [6, 6.07) is 6.25. The first kappa shape index (κ1) is 22.6. The Morgan fingerprint density at radius 2 is 1.94 bits per heavy atom. The fourth-order valence-corrected chi connectivity index (χ4v) is 4.55. The van der Waals surface area contributed by atoms with Crippen molar-refractivity contribution in [1.82, 2.24) is 15.1 Å². The minimum Gasteiger partial charge on any atom is -0.497 e. The normalized spacial score (nSPS) is 22.3. The number of hydrogen-bond donors (Lipinski definition) is 1. The molecule has 2 saturated heterocycles. The molecular formula is C24H33N3O5. The third-order valence-corrected chi connectivity index (χ3v) is 6.57. The molecular weight excluding hydrogens is 410 g/mol. The molecule has 2 heterocycles. The van der Waals surface area contributed by atoms with Crippen molar-refractivity contribution in [3.63, 3.8) is 0 Å². The van der Waals surface area contributed by atoms with Crippen molar-refractivity contribution in [3.05, 3.63) is 29.8 Å². The number of carbonyl (C=O) groups is 3. The molecule has 8 nitrogen and oxygen atoms in total. The van der Waals surface area contributed by atoms with E-state index >= 15 is 0 Å². The number of hydrogen-bond acceptors (Lipinski definition) is 5. The van der Waals surface area contributed by atoms with Crippen LogP contribution in [0.25, 0.3) is 0 Å². The number of likely N-dealkylation sites (tertiary alicyclic amines) is 1. The van der Waals surface area contributed by atoms with Crippen LogP contribution >= 0.6 is 0 Å². The van der Waals surface area contributed by atoms with Crippen molar-refractivity contribution >= 4 is 17.7 Å². The Balaban J connectivity index is 1.58. The number of benzene rings is 1. The molecule has 1 aromatic carbocycles. The molecule has 3 aliphatic rings. The Kier molecular flexibility index (Phi) is 6.42. The molecule has 1 saturated carbocycles. The molecule has 4 rings (SSSR count). The number of piperidine rings is 1. The average Bonchev–Trinajstić information content (AvgIpc) is 3.59. The van der Waals surface area contributed by atoms with Gasteiger partial charge < -0.3 is 19.7 Å². The lowest BCUT2D eigenvalue weighted by Gasteiger charge is -2.44. The first-order valence-corrected chi connectivity index (χ1v) is 11.5. The molecule has 1 N–H and O–H groups in total. The number of methoxy groups -OCH3 is 1. The van der Waals surface area contributed by atoms with Crippen molar-refractivity contribution in [2.75, 3.05) is 33.4 Å². The smallest absolute Gasteiger partial charge is 0.257 e. The number of carbonyl (C=O) groups excluding carboxylic acids is 3. The third-order valence-electron chi connectivity index (χ3n) is 6.57. The minimum absolute atomic E-state index is 0.149. The van der Waals surface area contributed by atoms with E-state index in [4.69, 9.17) is 9.47 Å². The number of rotatable bonds is 6. The lowest BCUT2D eigenvalue weighted by Crippen LogP contribution is -2.60. The molecule has 3 amide bonds. The Bertz CT molecular complexity index is 874. The van der Waals surface area contributed by atoms with E-state index in [1.807, 2.05) is 18.7 Å². The monoisotopic (exact) mass is 443 g/mol. The fraction of sp³-hybridized carbons (Fsp3) is 0.625. The van der Waals surface area contributed by atoms with Gasteiger partial charge in [-0.2, -0.15) is 0 Å². The number of nitrogens with one attached hydrogen (secondary N) is 1. The molecule has 1 aliphatic carbocycles. The maximum atomic E-state index is 13.7. The molecule has 2 aliphatic heterocycles. The Labute approximate surface area is 189 Å². The summed E-state index contributed by atoms with van der Waals surface area (Å²) < 4.78 is 11.5. The highest BCUT2D eigenvalue weighted by molar-refractivity contribution is 5.98. The van der Waals surface area contributed by atoms with Crippen molar-refractivity contribution in [1.29, 1.82) is 0 Å². The molecule has 3 fully saturated rings. The van der Waals surface area contributed by atoms with Crippen molar-refractivity contribution in [2.24, 2.45) is 11.8 Å². The third kappa shape index (κ3) is 4.46. The predicted molar refractivity (Wildman–Crippen MR) is 118 cm³/mol. The first-order valence-electron chi connectivity index (χ1n) is 11.5. The van der Waals surface area contributed by atoms with E-state index in [9.17, 15) is 14.4 Å². The second-order valence-corrected chi connectivity index (χ2v) is 9.42. The van der Waals surface area contributed by atoms with Crippen LogP contribution in [0.4, 0.5) is 0 Å². The molecule has 0 bridgehead atoms. The molecule has 1 atom stereocenters. The molecule has 1 spiro atoms. The summed E-state index contributed by atoms with van der Waals surface area (Å²) in [5.74, 6) is 0.786. The molecule has 174 valence electrons. The summed E-state index contributed by atoms with van der Waals surface area (Å²) in [6.45, 7) is 5.79. The van der Waals surface area contributed by atoms with E-state index in [0.717, 1.165) is 12.8 Å². The van der Waals surface area contributed by atoms with Crippen molar-refractivity contribution in [3.8, 4) is 5.75 Å². The zero-order chi connectivity index (χ0) is 22.9. The minimum atomic E-state index is -0.889. The van der Waals surface area contributed by atoms with Crippen LogP contribution in [0.15, 0.2) is 24.3 Å². The van der Waals surface area contributed by atoms with Gasteiger partial charge in [0.1, 0.15) is 17.5 Å². The van der Waals surface area contributed by atoms with Crippen LogP contribution < -0.4 is 10.1 Å². The van der Waals surface area contributed by atoms with Gasteiger partial charge in [-0.15, -0.1) is 0 Å². The summed E-state index contributed by atoms with van der Waals surface area (Å²) in [4.78, 5) is 42.8. The van der Waals surface area contributed by atoms with E-state index in [1.54, 1.807) is 36.3 Å². The van der Waals surface area contributed by atoms with Crippen LogP contribution in [0.3, 0.4) is 0 Å². The maximum absolute atomic E-state index is 13.7. The van der Waals surface area contributed by atoms with Gasteiger partial charge in [0.15, 0.2) is 0 Å². The first-order chi connectivity index (χ1) is 15.3. The van der Waals surface area contributed by atoms with Gasteiger partial charge in [-0.25, -0.2) is 0 Å². The SMILES string of the molecule is COc1cccc(C(=O)N2C(C(=O)NCC(C)C)COC23CCN(C(=O)C2CC2)CC3)c1. The molecule has 8 heteroatoms. The van der Waals surface area contributed by atoms with Crippen LogP contribution in [-0.2, 0) is 14.3 Å². The van der Waals surface area contributed by atoms with Crippen LogP contribution in [-0.4, -0.2) is 72.6 Å². The largest absolute Gasteiger partial charge is 0.497 e. The van der Waals surface area contributed by atoms with Crippen LogP contribution in [0.2, 0.25) is 0 Å².